The van der Waals surface area contributed by atoms with Gasteiger partial charge in [0.05, 0.1) is 49.6 Å². The molecule has 0 N–H and O–H groups in total. The van der Waals surface area contributed by atoms with Crippen LogP contribution in [0.15, 0.2) is 48.5 Å². The Hall–Kier alpha value is -3.92. The second-order valence-electron chi connectivity index (χ2n) is 19.6. The van der Waals surface area contributed by atoms with E-state index in [0.717, 1.165) is 0 Å². The lowest BCUT2D eigenvalue weighted by molar-refractivity contribution is -0.962. The van der Waals surface area contributed by atoms with Crippen LogP contribution in [0.1, 0.15) is 114 Å². The van der Waals surface area contributed by atoms with E-state index in [9.17, 15) is 52.7 Å². The van der Waals surface area contributed by atoms with E-state index in [1.807, 2.05) is 27.7 Å². The van der Waals surface area contributed by atoms with E-state index >= 15 is 0 Å². The molecule has 1 atom stereocenters. The number of quaternary nitrogens is 1. The molecular weight excluding hydrogens is 918 g/mol. The zero-order valence-electron chi connectivity index (χ0n) is 37.3. The largest absolute Gasteiger partial charge is 1.00 e. The highest BCUT2D eigenvalue weighted by atomic mass is 79.9. The summed E-state index contributed by atoms with van der Waals surface area (Å²) in [6.45, 7) is 18.2. The van der Waals surface area contributed by atoms with Crippen molar-refractivity contribution in [2.24, 2.45) is 5.41 Å². The molecule has 0 spiro atoms. The quantitative estimate of drug-likeness (QED) is 0.147. The number of nitrogens with zero attached hydrogens (tertiary/aromatic N) is 1. The first kappa shape index (κ1) is 51.7. The van der Waals surface area contributed by atoms with Crippen LogP contribution < -0.4 is 26.5 Å². The summed E-state index contributed by atoms with van der Waals surface area (Å²) in [5.74, 6) is 0.0270. The van der Waals surface area contributed by atoms with Gasteiger partial charge in [-0.2, -0.15) is 52.7 Å². The van der Waals surface area contributed by atoms with Gasteiger partial charge in [0.15, 0.2) is 0 Å². The fourth-order valence-corrected chi connectivity index (χ4v) is 8.55. The Balaban J connectivity index is 0.00000871. The molecule has 0 saturated carbocycles. The highest BCUT2D eigenvalue weighted by Crippen LogP contribution is 2.56. The van der Waals surface area contributed by atoms with E-state index in [1.165, 1.54) is 14.2 Å². The lowest BCUT2D eigenvalue weighted by atomic mass is 9.76. The van der Waals surface area contributed by atoms with Crippen molar-refractivity contribution in [3.05, 3.63) is 93.0 Å². The number of hydrogen-bond donors (Lipinski definition) is 0. The molecule has 0 amide bonds. The number of halogens is 13. The first-order chi connectivity index (χ1) is 27.8. The van der Waals surface area contributed by atoms with E-state index in [2.05, 4.69) is 0 Å². The molecule has 348 valence electrons. The molecular formula is C47H52BrF12NO2. The van der Waals surface area contributed by atoms with Crippen LogP contribution >= 0.6 is 0 Å². The maximum atomic E-state index is 14.5. The summed E-state index contributed by atoms with van der Waals surface area (Å²) in [6, 6.07) is 5.69. The van der Waals surface area contributed by atoms with Gasteiger partial charge in [-0.25, -0.2) is 0 Å². The fourth-order valence-electron chi connectivity index (χ4n) is 8.55. The van der Waals surface area contributed by atoms with Gasteiger partial charge in [0, 0.05) is 38.8 Å². The summed E-state index contributed by atoms with van der Waals surface area (Å²) in [5, 5.41) is 0. The molecule has 0 radical (unpaired) electrons. The van der Waals surface area contributed by atoms with E-state index in [1.54, 1.807) is 60.7 Å². The Morgan fingerprint density at radius 1 is 0.476 bits per heavy atom. The molecule has 4 aromatic rings. The molecule has 16 heteroatoms. The normalized spacial score (nSPS) is 15.5. The molecule has 1 aliphatic rings. The van der Waals surface area contributed by atoms with Gasteiger partial charge >= 0.3 is 24.7 Å². The molecule has 0 aliphatic carbocycles. The van der Waals surface area contributed by atoms with Gasteiger partial charge in [0.2, 0.25) is 0 Å². The van der Waals surface area contributed by atoms with Crippen LogP contribution in [-0.2, 0) is 48.6 Å². The first-order valence-electron chi connectivity index (χ1n) is 19.8. The molecule has 0 bridgehead atoms. The van der Waals surface area contributed by atoms with Gasteiger partial charge in [-0.3, -0.25) is 0 Å². The third-order valence-electron chi connectivity index (χ3n) is 12.1. The highest BCUT2D eigenvalue weighted by Gasteiger charge is 2.46. The fraction of sp³-hybridized carbons (Fsp3) is 0.489. The molecule has 0 unspecified atom stereocenters. The summed E-state index contributed by atoms with van der Waals surface area (Å²) in [4.78, 5) is 0. The maximum absolute atomic E-state index is 14.5. The SMILES string of the molecule is COc1c(C(C)(C)C)cc2c(c1-c1cc(C(F)(F)F)cc(C(F)(F)F)c1)C[N+](C)([C@H](C)C(C)(C)C)Cc1c-2cc(C(C)(C)C)c(OC)c1-c1cc(C(F)(F)F)cc(C(F)(F)F)c1.[Br-]. The van der Waals surface area contributed by atoms with E-state index in [0.29, 0.717) is 46.5 Å². The number of ether oxygens (including phenoxy) is 2. The number of hydrogen-bond acceptors (Lipinski definition) is 2. The number of methoxy groups -OCH3 is 2. The summed E-state index contributed by atoms with van der Waals surface area (Å²) in [5.41, 5.74) is -7.65. The van der Waals surface area contributed by atoms with Gasteiger partial charge in [-0.05, 0) is 88.5 Å². The topological polar surface area (TPSA) is 18.5 Å². The monoisotopic (exact) mass is 969 g/mol. The van der Waals surface area contributed by atoms with Crippen molar-refractivity contribution in [1.82, 2.24) is 0 Å². The van der Waals surface area contributed by atoms with Crippen LogP contribution in [-0.4, -0.2) is 31.8 Å². The summed E-state index contributed by atoms with van der Waals surface area (Å²) in [7, 11) is 4.33. The Morgan fingerprint density at radius 3 is 0.952 bits per heavy atom. The second-order valence-corrected chi connectivity index (χ2v) is 19.6. The van der Waals surface area contributed by atoms with Crippen LogP contribution in [0.3, 0.4) is 0 Å². The van der Waals surface area contributed by atoms with Crippen LogP contribution in [0.5, 0.6) is 11.5 Å². The third kappa shape index (κ3) is 10.2. The van der Waals surface area contributed by atoms with E-state index < -0.39 is 80.4 Å². The smallest absolute Gasteiger partial charge is 0.416 e. The minimum Gasteiger partial charge on any atom is -1.00 e. The molecule has 4 aromatic carbocycles. The molecule has 63 heavy (non-hydrogen) atoms. The Labute approximate surface area is 371 Å². The van der Waals surface area contributed by atoms with E-state index in [-0.39, 0.29) is 80.4 Å². The molecule has 5 rings (SSSR count). The highest BCUT2D eigenvalue weighted by molar-refractivity contribution is 5.91. The Kier molecular flexibility index (Phi) is 13.5. The van der Waals surface area contributed by atoms with E-state index in [4.69, 9.17) is 9.47 Å². The Morgan fingerprint density at radius 2 is 0.746 bits per heavy atom. The third-order valence-corrected chi connectivity index (χ3v) is 12.1. The average Bonchev–Trinajstić information content (AvgIpc) is 3.23. The average molecular weight is 971 g/mol. The summed E-state index contributed by atoms with van der Waals surface area (Å²) >= 11 is 0. The summed E-state index contributed by atoms with van der Waals surface area (Å²) < 4.78 is 186. The minimum absolute atomic E-state index is 0. The van der Waals surface area contributed by atoms with Crippen LogP contribution in [0.25, 0.3) is 33.4 Å². The zero-order valence-corrected chi connectivity index (χ0v) is 38.9. The van der Waals surface area contributed by atoms with Gasteiger partial charge in [-0.15, -0.1) is 0 Å². The molecule has 1 heterocycles. The van der Waals surface area contributed by atoms with Crippen molar-refractivity contribution in [2.75, 3.05) is 21.3 Å². The molecule has 3 nitrogen and oxygen atoms in total. The van der Waals surface area contributed by atoms with Crippen LogP contribution in [0.2, 0.25) is 0 Å². The van der Waals surface area contributed by atoms with Gasteiger partial charge in [-0.1, -0.05) is 62.3 Å². The van der Waals surface area contributed by atoms with Crippen molar-refractivity contribution >= 4 is 0 Å². The number of benzene rings is 4. The first-order valence-corrected chi connectivity index (χ1v) is 19.8. The Bertz CT molecular complexity index is 2150. The number of alkyl halides is 12. The van der Waals surface area contributed by atoms with Crippen molar-refractivity contribution in [2.45, 2.75) is 124 Å². The molecule has 1 aliphatic heterocycles. The minimum atomic E-state index is -5.20. The predicted octanol–water partition coefficient (Wildman–Crippen LogP) is 12.3. The molecule has 0 fully saturated rings. The lowest BCUT2D eigenvalue weighted by Gasteiger charge is -2.46. The number of rotatable bonds is 5. The van der Waals surface area contributed by atoms with Gasteiger partial charge in [0.1, 0.15) is 24.6 Å². The van der Waals surface area contributed by atoms with Crippen molar-refractivity contribution in [3.8, 4) is 44.9 Å². The second kappa shape index (κ2) is 16.5. The summed E-state index contributed by atoms with van der Waals surface area (Å²) in [6.07, 6.45) is -20.8. The lowest BCUT2D eigenvalue weighted by Crippen LogP contribution is -3.00. The van der Waals surface area contributed by atoms with Gasteiger partial charge < -0.3 is 30.9 Å². The standard InChI is InChI=1S/C47H52F12NO2.BrH/c1-24(41(2,3)4)60(11)22-33-31(20-35(42(5,6)7)39(61-12)37(33)25-14-27(44(48,49)50)18-28(15-25)45(51,52)53)32-21-36(43(8,9)10)40(62-13)38(34(32)23-60)26-16-29(46(54,55)56)19-30(17-26)47(57,58)59;/h14-21,24H,22-23H2,1-13H3;1H/q+1;/p-1/t24-;/m1./s1. The maximum Gasteiger partial charge on any atom is 0.416 e. The van der Waals surface area contributed by atoms with Crippen molar-refractivity contribution in [1.29, 1.82) is 0 Å². The van der Waals surface area contributed by atoms with Crippen molar-refractivity contribution in [3.63, 3.8) is 0 Å². The van der Waals surface area contributed by atoms with Crippen LogP contribution in [0, 0.1) is 5.41 Å². The van der Waals surface area contributed by atoms with Crippen molar-refractivity contribution < 1.29 is 83.6 Å². The molecule has 0 aromatic heterocycles. The zero-order chi connectivity index (χ0) is 47.3. The predicted molar refractivity (Wildman–Crippen MR) is 216 cm³/mol. The van der Waals surface area contributed by atoms with Crippen LogP contribution in [0.4, 0.5) is 52.7 Å². The van der Waals surface area contributed by atoms with Gasteiger partial charge in [0.25, 0.3) is 0 Å². The molecule has 0 saturated heterocycles. The number of fused-ring (bicyclic) bond motifs is 3.